The van der Waals surface area contributed by atoms with Crippen LogP contribution >= 0.6 is 11.3 Å². The van der Waals surface area contributed by atoms with Crippen LogP contribution in [-0.2, 0) is 9.84 Å². The molecule has 2 heterocycles. The molecule has 4 aromatic rings. The van der Waals surface area contributed by atoms with Crippen molar-refractivity contribution in [2.45, 2.75) is 17.7 Å². The van der Waals surface area contributed by atoms with Gasteiger partial charge in [0.2, 0.25) is 0 Å². The molecule has 0 atom stereocenters. The number of nitrogens with one attached hydrogen (secondary N) is 1. The summed E-state index contributed by atoms with van der Waals surface area (Å²) in [5, 5.41) is 13.0. The highest BCUT2D eigenvalue weighted by Gasteiger charge is 2.19. The zero-order valence-corrected chi connectivity index (χ0v) is 16.6. The summed E-state index contributed by atoms with van der Waals surface area (Å²) in [6.07, 6.45) is 2.49. The van der Waals surface area contributed by atoms with E-state index in [1.807, 2.05) is 35.8 Å². The van der Waals surface area contributed by atoms with Crippen LogP contribution in [0.15, 0.2) is 59.1 Å². The third kappa shape index (κ3) is 3.71. The number of aliphatic hydroxyl groups excluding tert-OH is 1. The first-order valence-corrected chi connectivity index (χ1v) is 11.4. The maximum Gasteiger partial charge on any atom is 0.180 e. The van der Waals surface area contributed by atoms with E-state index in [9.17, 15) is 8.42 Å². The Morgan fingerprint density at radius 2 is 1.96 bits per heavy atom. The Labute approximate surface area is 166 Å². The number of anilines is 2. The average Bonchev–Trinajstić information content (AvgIpc) is 3.16. The Balaban J connectivity index is 1.72. The quantitative estimate of drug-likeness (QED) is 0.443. The lowest BCUT2D eigenvalue weighted by molar-refractivity contribution is 0.287. The van der Waals surface area contributed by atoms with E-state index in [1.54, 1.807) is 29.7 Å². The predicted octanol–water partition coefficient (Wildman–Crippen LogP) is 4.13. The molecule has 0 bridgehead atoms. The van der Waals surface area contributed by atoms with E-state index in [0.717, 1.165) is 27.0 Å². The molecule has 144 valence electrons. The molecule has 0 aliphatic rings. The molecule has 0 fully saturated rings. The molecule has 0 unspecified atom stereocenters. The number of hydrogen-bond acceptors (Lipinski definition) is 7. The molecule has 2 N–H and O–H groups in total. The molecule has 0 amide bonds. The van der Waals surface area contributed by atoms with Gasteiger partial charge in [-0.25, -0.2) is 13.4 Å². The van der Waals surface area contributed by atoms with Crippen molar-refractivity contribution < 1.29 is 13.5 Å². The van der Waals surface area contributed by atoms with Gasteiger partial charge in [-0.05, 0) is 43.2 Å². The molecule has 2 aromatic carbocycles. The molecule has 0 saturated heterocycles. The van der Waals surface area contributed by atoms with Crippen LogP contribution in [0.2, 0.25) is 0 Å². The number of nitrogens with zero attached hydrogens (tertiary/aromatic N) is 2. The summed E-state index contributed by atoms with van der Waals surface area (Å²) < 4.78 is 26.6. The Bertz CT molecular complexity index is 1240. The highest BCUT2D eigenvalue weighted by molar-refractivity contribution is 7.91. The van der Waals surface area contributed by atoms with Crippen molar-refractivity contribution in [3.05, 3.63) is 54.2 Å². The minimum Gasteiger partial charge on any atom is -0.396 e. The summed E-state index contributed by atoms with van der Waals surface area (Å²) in [6, 6.07) is 13.0. The van der Waals surface area contributed by atoms with Crippen LogP contribution in [0.25, 0.3) is 21.1 Å². The standard InChI is InChI=1S/C20H19N3O3S2/c24-10-1-2-11-28(25,26)19-5-3-4-15-16(8-9-21-20(15)19)23-14-6-7-18-17(12-14)22-13-27-18/h3-9,12-13,24H,1-2,10-11H2,(H,21,23). The second-order valence-electron chi connectivity index (χ2n) is 6.42. The minimum atomic E-state index is -3.48. The van der Waals surface area contributed by atoms with Crippen molar-refractivity contribution in [2.24, 2.45) is 0 Å². The van der Waals surface area contributed by atoms with Crippen LogP contribution in [0.5, 0.6) is 0 Å². The molecular weight excluding hydrogens is 394 g/mol. The number of hydrogen-bond donors (Lipinski definition) is 2. The number of benzene rings is 2. The van der Waals surface area contributed by atoms with E-state index < -0.39 is 9.84 Å². The van der Waals surface area contributed by atoms with Crippen LogP contribution in [0.1, 0.15) is 12.8 Å². The summed E-state index contributed by atoms with van der Waals surface area (Å²) in [5.74, 6) is -0.00744. The number of aliphatic hydroxyl groups is 1. The molecule has 0 saturated carbocycles. The maximum absolute atomic E-state index is 12.8. The van der Waals surface area contributed by atoms with Gasteiger partial charge in [0.15, 0.2) is 9.84 Å². The number of unbranched alkanes of at least 4 members (excludes halogenated alkanes) is 1. The largest absolute Gasteiger partial charge is 0.396 e. The van der Waals surface area contributed by atoms with E-state index in [-0.39, 0.29) is 17.3 Å². The fourth-order valence-electron chi connectivity index (χ4n) is 3.11. The monoisotopic (exact) mass is 413 g/mol. The normalized spacial score (nSPS) is 11.9. The number of fused-ring (bicyclic) bond motifs is 2. The van der Waals surface area contributed by atoms with Crippen molar-refractivity contribution in [1.82, 2.24) is 9.97 Å². The number of para-hydroxylation sites is 1. The molecule has 4 rings (SSSR count). The van der Waals surface area contributed by atoms with Gasteiger partial charge in [0, 0.05) is 29.6 Å². The van der Waals surface area contributed by atoms with Crippen molar-refractivity contribution in [2.75, 3.05) is 17.7 Å². The second-order valence-corrected chi connectivity index (χ2v) is 9.38. The Morgan fingerprint density at radius 3 is 2.82 bits per heavy atom. The zero-order valence-electron chi connectivity index (χ0n) is 15.0. The lowest BCUT2D eigenvalue weighted by atomic mass is 10.2. The fraction of sp³-hybridized carbons (Fsp3) is 0.200. The molecule has 0 aliphatic heterocycles. The van der Waals surface area contributed by atoms with Crippen LogP contribution in [0, 0.1) is 0 Å². The molecular formula is C20H19N3O3S2. The zero-order chi connectivity index (χ0) is 19.6. The van der Waals surface area contributed by atoms with Crippen LogP contribution in [0.4, 0.5) is 11.4 Å². The van der Waals surface area contributed by atoms with Crippen molar-refractivity contribution >= 4 is 53.7 Å². The Morgan fingerprint density at radius 1 is 1.07 bits per heavy atom. The Kier molecular flexibility index (Phi) is 5.25. The molecule has 0 radical (unpaired) electrons. The van der Waals surface area contributed by atoms with Gasteiger partial charge in [-0.2, -0.15) is 0 Å². The molecule has 0 aliphatic carbocycles. The van der Waals surface area contributed by atoms with Crippen LogP contribution < -0.4 is 5.32 Å². The first-order chi connectivity index (χ1) is 13.6. The van der Waals surface area contributed by atoms with Gasteiger partial charge in [0.1, 0.15) is 0 Å². The van der Waals surface area contributed by atoms with E-state index in [0.29, 0.717) is 18.4 Å². The van der Waals surface area contributed by atoms with Gasteiger partial charge in [0.05, 0.1) is 31.9 Å². The lowest BCUT2D eigenvalue weighted by Gasteiger charge is -2.12. The van der Waals surface area contributed by atoms with E-state index >= 15 is 0 Å². The highest BCUT2D eigenvalue weighted by Crippen LogP contribution is 2.31. The van der Waals surface area contributed by atoms with Gasteiger partial charge in [-0.1, -0.05) is 12.1 Å². The van der Waals surface area contributed by atoms with Gasteiger partial charge < -0.3 is 10.4 Å². The highest BCUT2D eigenvalue weighted by atomic mass is 32.2. The summed E-state index contributed by atoms with van der Waals surface area (Å²) >= 11 is 1.59. The number of thiazole rings is 1. The van der Waals surface area contributed by atoms with Crippen molar-refractivity contribution in [1.29, 1.82) is 0 Å². The third-order valence-electron chi connectivity index (χ3n) is 4.50. The number of rotatable bonds is 7. The first-order valence-electron chi connectivity index (χ1n) is 8.90. The Hall–Kier alpha value is -2.55. The lowest BCUT2D eigenvalue weighted by Crippen LogP contribution is -2.09. The van der Waals surface area contributed by atoms with Gasteiger partial charge in [-0.15, -0.1) is 11.3 Å². The smallest absolute Gasteiger partial charge is 0.180 e. The first kappa shape index (κ1) is 18.8. The summed E-state index contributed by atoms with van der Waals surface area (Å²) in [7, 11) is -3.48. The number of aromatic nitrogens is 2. The number of pyridine rings is 1. The summed E-state index contributed by atoms with van der Waals surface area (Å²) in [4.78, 5) is 8.90. The second kappa shape index (κ2) is 7.83. The molecule has 0 spiro atoms. The van der Waals surface area contributed by atoms with Gasteiger partial charge in [0.25, 0.3) is 0 Å². The fourth-order valence-corrected chi connectivity index (χ4v) is 5.32. The minimum absolute atomic E-state index is 0.00744. The van der Waals surface area contributed by atoms with Gasteiger partial charge >= 0.3 is 0 Å². The molecule has 2 aromatic heterocycles. The van der Waals surface area contributed by atoms with Crippen LogP contribution in [0.3, 0.4) is 0 Å². The summed E-state index contributed by atoms with van der Waals surface area (Å²) in [6.45, 7) is -0.0132. The van der Waals surface area contributed by atoms with Gasteiger partial charge in [-0.3, -0.25) is 4.98 Å². The predicted molar refractivity (Wildman–Crippen MR) is 113 cm³/mol. The van der Waals surface area contributed by atoms with E-state index in [1.165, 1.54) is 0 Å². The third-order valence-corrected chi connectivity index (χ3v) is 7.14. The SMILES string of the molecule is O=S(=O)(CCCCO)c1cccc2c(Nc3ccc4scnc4c3)ccnc12. The van der Waals surface area contributed by atoms with E-state index in [4.69, 9.17) is 5.11 Å². The van der Waals surface area contributed by atoms with Crippen molar-refractivity contribution in [3.63, 3.8) is 0 Å². The van der Waals surface area contributed by atoms with Crippen LogP contribution in [-0.4, -0.2) is 35.9 Å². The van der Waals surface area contributed by atoms with Crippen molar-refractivity contribution in [3.8, 4) is 0 Å². The topological polar surface area (TPSA) is 92.2 Å². The molecule has 8 heteroatoms. The molecule has 28 heavy (non-hydrogen) atoms. The summed E-state index contributed by atoms with van der Waals surface area (Å²) in [5.41, 5.74) is 4.84. The number of sulfone groups is 1. The van der Waals surface area contributed by atoms with E-state index in [2.05, 4.69) is 15.3 Å². The average molecular weight is 414 g/mol. The maximum atomic E-state index is 12.8. The molecule has 6 nitrogen and oxygen atoms in total.